The lowest BCUT2D eigenvalue weighted by atomic mass is 9.88. The Hall–Kier alpha value is -0.610. The number of aliphatic hydroxyl groups is 1. The number of aliphatic hydroxyl groups excluding tert-OH is 1. The molecule has 4 nitrogen and oxygen atoms in total. The molecule has 4 heteroatoms. The normalized spacial score (nSPS) is 11.6. The third kappa shape index (κ3) is 6.80. The summed E-state index contributed by atoms with van der Waals surface area (Å²) in [5.41, 5.74) is 0.133. The molecule has 0 heterocycles. The average Bonchev–Trinajstić information content (AvgIpc) is 2.24. The molecule has 0 unspecified atom stereocenters. The monoisotopic (exact) mass is 230 g/mol. The maximum Gasteiger partial charge on any atom is 0.236 e. The first-order valence-electron chi connectivity index (χ1n) is 5.98. The molecule has 0 saturated carbocycles. The van der Waals surface area contributed by atoms with Crippen LogP contribution in [0.2, 0.25) is 0 Å². The average molecular weight is 230 g/mol. The van der Waals surface area contributed by atoms with Crippen molar-refractivity contribution in [1.29, 1.82) is 0 Å². The lowest BCUT2D eigenvalue weighted by Crippen LogP contribution is -2.39. The van der Waals surface area contributed by atoms with Gasteiger partial charge in [0.1, 0.15) is 0 Å². The number of hydrogen-bond donors (Lipinski definition) is 2. The van der Waals surface area contributed by atoms with Crippen LogP contribution < -0.4 is 5.32 Å². The number of rotatable bonds is 8. The second kappa shape index (κ2) is 7.63. The van der Waals surface area contributed by atoms with Crippen molar-refractivity contribution in [2.75, 3.05) is 33.3 Å². The van der Waals surface area contributed by atoms with Gasteiger partial charge in [-0.2, -0.15) is 0 Å². The second-order valence-corrected chi connectivity index (χ2v) is 5.00. The number of nitrogens with zero attached hydrogens (tertiary/aromatic N) is 1. The number of carbonyl (C=O) groups excluding carboxylic acids is 1. The topological polar surface area (TPSA) is 52.6 Å². The molecule has 0 spiro atoms. The molecule has 0 aromatic rings. The van der Waals surface area contributed by atoms with E-state index in [0.717, 1.165) is 25.9 Å². The highest BCUT2D eigenvalue weighted by atomic mass is 16.2. The Morgan fingerprint density at radius 2 is 2.06 bits per heavy atom. The molecule has 0 aromatic heterocycles. The van der Waals surface area contributed by atoms with Gasteiger partial charge in [-0.25, -0.2) is 0 Å². The van der Waals surface area contributed by atoms with Gasteiger partial charge in [0.15, 0.2) is 0 Å². The van der Waals surface area contributed by atoms with E-state index in [1.165, 1.54) is 0 Å². The minimum Gasteiger partial charge on any atom is -0.396 e. The van der Waals surface area contributed by atoms with Crippen molar-refractivity contribution >= 4 is 5.91 Å². The summed E-state index contributed by atoms with van der Waals surface area (Å²) in [5.74, 6) is 0.125. The van der Waals surface area contributed by atoms with Crippen LogP contribution in [-0.2, 0) is 4.79 Å². The second-order valence-electron chi connectivity index (χ2n) is 5.00. The van der Waals surface area contributed by atoms with Crippen LogP contribution in [0.1, 0.15) is 33.6 Å². The number of hydrogen-bond acceptors (Lipinski definition) is 3. The first-order chi connectivity index (χ1) is 7.43. The molecule has 0 bridgehead atoms. The molecule has 2 N–H and O–H groups in total. The van der Waals surface area contributed by atoms with Crippen molar-refractivity contribution in [3.8, 4) is 0 Å². The predicted octanol–water partition coefficient (Wildman–Crippen LogP) is 0.853. The van der Waals surface area contributed by atoms with Crippen LogP contribution in [0, 0.1) is 5.41 Å². The zero-order valence-corrected chi connectivity index (χ0v) is 11.0. The van der Waals surface area contributed by atoms with E-state index in [9.17, 15) is 4.79 Å². The fourth-order valence-electron chi connectivity index (χ4n) is 1.47. The van der Waals surface area contributed by atoms with E-state index in [4.69, 9.17) is 5.11 Å². The molecule has 0 fully saturated rings. The molecule has 96 valence electrons. The van der Waals surface area contributed by atoms with Crippen molar-refractivity contribution in [2.24, 2.45) is 5.41 Å². The van der Waals surface area contributed by atoms with Crippen LogP contribution in [0.15, 0.2) is 0 Å². The van der Waals surface area contributed by atoms with Gasteiger partial charge in [0.25, 0.3) is 0 Å². The van der Waals surface area contributed by atoms with E-state index in [2.05, 4.69) is 19.2 Å². The molecule has 1 amide bonds. The van der Waals surface area contributed by atoms with E-state index in [-0.39, 0.29) is 17.9 Å². The molecule has 0 aliphatic carbocycles. The van der Waals surface area contributed by atoms with Gasteiger partial charge in [0.05, 0.1) is 6.54 Å². The van der Waals surface area contributed by atoms with Crippen molar-refractivity contribution in [1.82, 2.24) is 10.2 Å². The minimum absolute atomic E-state index is 0.125. The van der Waals surface area contributed by atoms with Gasteiger partial charge in [0.2, 0.25) is 5.91 Å². The predicted molar refractivity (Wildman–Crippen MR) is 66.3 cm³/mol. The highest BCUT2D eigenvalue weighted by Crippen LogP contribution is 2.20. The number of likely N-dealkylation sites (N-methyl/N-ethyl adjacent to an activating group) is 1. The Morgan fingerprint density at radius 3 is 2.56 bits per heavy atom. The summed E-state index contributed by atoms with van der Waals surface area (Å²) in [6.45, 7) is 8.43. The fraction of sp³-hybridized carbons (Fsp3) is 0.917. The largest absolute Gasteiger partial charge is 0.396 e. The highest BCUT2D eigenvalue weighted by Gasteiger charge is 2.17. The van der Waals surface area contributed by atoms with E-state index < -0.39 is 0 Å². The van der Waals surface area contributed by atoms with Crippen molar-refractivity contribution < 1.29 is 9.90 Å². The fourth-order valence-corrected chi connectivity index (χ4v) is 1.47. The third-order valence-corrected chi connectivity index (χ3v) is 2.79. The van der Waals surface area contributed by atoms with Gasteiger partial charge < -0.3 is 15.3 Å². The first kappa shape index (κ1) is 15.4. The van der Waals surface area contributed by atoms with Crippen LogP contribution in [0.25, 0.3) is 0 Å². The molecule has 0 radical (unpaired) electrons. The van der Waals surface area contributed by atoms with Crippen LogP contribution >= 0.6 is 0 Å². The SMILES string of the molecule is CCN(C)C(=O)CNCC(C)(C)CCCO. The van der Waals surface area contributed by atoms with Gasteiger partial charge in [-0.3, -0.25) is 4.79 Å². The smallest absolute Gasteiger partial charge is 0.236 e. The molecule has 0 aliphatic heterocycles. The maximum atomic E-state index is 11.5. The van der Waals surface area contributed by atoms with Crippen molar-refractivity contribution in [2.45, 2.75) is 33.6 Å². The Kier molecular flexibility index (Phi) is 7.34. The van der Waals surface area contributed by atoms with Crippen LogP contribution in [0.3, 0.4) is 0 Å². The van der Waals surface area contributed by atoms with Gasteiger partial charge in [-0.1, -0.05) is 13.8 Å². The lowest BCUT2D eigenvalue weighted by Gasteiger charge is -2.25. The first-order valence-corrected chi connectivity index (χ1v) is 5.98. The minimum atomic E-state index is 0.125. The van der Waals surface area contributed by atoms with Crippen molar-refractivity contribution in [3.05, 3.63) is 0 Å². The molecule has 0 aromatic carbocycles. The summed E-state index contributed by atoms with van der Waals surface area (Å²) in [5, 5.41) is 11.9. The number of nitrogens with one attached hydrogen (secondary N) is 1. The quantitative estimate of drug-likeness (QED) is 0.650. The van der Waals surface area contributed by atoms with Crippen LogP contribution in [0.4, 0.5) is 0 Å². The Balaban J connectivity index is 3.75. The molecule has 0 saturated heterocycles. The Morgan fingerprint density at radius 1 is 1.44 bits per heavy atom. The third-order valence-electron chi connectivity index (χ3n) is 2.79. The lowest BCUT2D eigenvalue weighted by molar-refractivity contribution is -0.128. The van der Waals surface area contributed by atoms with E-state index in [0.29, 0.717) is 6.54 Å². The summed E-state index contributed by atoms with van der Waals surface area (Å²) in [4.78, 5) is 13.2. The molecule has 16 heavy (non-hydrogen) atoms. The standard InChI is InChI=1S/C12H26N2O2/c1-5-14(4)11(16)9-13-10-12(2,3)7-6-8-15/h13,15H,5-10H2,1-4H3. The van der Waals surface area contributed by atoms with Crippen LogP contribution in [0.5, 0.6) is 0 Å². The van der Waals surface area contributed by atoms with Gasteiger partial charge in [-0.15, -0.1) is 0 Å². The van der Waals surface area contributed by atoms with Gasteiger partial charge in [0, 0.05) is 26.7 Å². The maximum absolute atomic E-state index is 11.5. The summed E-state index contributed by atoms with van der Waals surface area (Å²) in [6.07, 6.45) is 1.78. The molecule has 0 atom stereocenters. The zero-order valence-electron chi connectivity index (χ0n) is 11.0. The van der Waals surface area contributed by atoms with E-state index >= 15 is 0 Å². The molecule has 0 aliphatic rings. The molecule has 0 rings (SSSR count). The number of carbonyl (C=O) groups is 1. The van der Waals surface area contributed by atoms with Crippen molar-refractivity contribution in [3.63, 3.8) is 0 Å². The molecular formula is C12H26N2O2. The molecular weight excluding hydrogens is 204 g/mol. The number of amides is 1. The summed E-state index contributed by atoms with van der Waals surface area (Å²) >= 11 is 0. The summed E-state index contributed by atoms with van der Waals surface area (Å²) < 4.78 is 0. The Bertz CT molecular complexity index is 205. The Labute approximate surface area is 99.0 Å². The van der Waals surface area contributed by atoms with Crippen LogP contribution in [-0.4, -0.2) is 49.2 Å². The zero-order chi connectivity index (χ0) is 12.6. The summed E-state index contributed by atoms with van der Waals surface area (Å²) in [6, 6.07) is 0. The van der Waals surface area contributed by atoms with E-state index in [1.54, 1.807) is 11.9 Å². The summed E-state index contributed by atoms with van der Waals surface area (Å²) in [7, 11) is 1.81. The van der Waals surface area contributed by atoms with E-state index in [1.807, 2.05) is 6.92 Å². The van der Waals surface area contributed by atoms with Gasteiger partial charge >= 0.3 is 0 Å². The van der Waals surface area contributed by atoms with Gasteiger partial charge in [-0.05, 0) is 25.2 Å². The highest BCUT2D eigenvalue weighted by molar-refractivity contribution is 5.77.